The predicted molar refractivity (Wildman–Crippen MR) is 107 cm³/mol. The monoisotopic (exact) mass is 393 g/mol. The fraction of sp³-hybridized carbons (Fsp3) is 0.0526. The van der Waals surface area contributed by atoms with Gasteiger partial charge in [0.05, 0.1) is 12.2 Å². The van der Waals surface area contributed by atoms with Gasteiger partial charge in [-0.15, -0.1) is 11.3 Å². The summed E-state index contributed by atoms with van der Waals surface area (Å²) in [7, 11) is 0. The maximum absolute atomic E-state index is 12.7. The summed E-state index contributed by atoms with van der Waals surface area (Å²) in [5, 5.41) is 11.3. The molecule has 0 aliphatic rings. The number of rotatable bonds is 5. The summed E-state index contributed by atoms with van der Waals surface area (Å²) in [6.07, 6.45) is 2.78. The minimum Gasteiger partial charge on any atom is -0.322 e. The van der Waals surface area contributed by atoms with Crippen molar-refractivity contribution >= 4 is 22.9 Å². The molecule has 4 rings (SSSR count). The van der Waals surface area contributed by atoms with Crippen molar-refractivity contribution in [3.8, 4) is 11.3 Å². The second-order valence-electron chi connectivity index (χ2n) is 5.98. The summed E-state index contributed by atoms with van der Waals surface area (Å²) in [5.74, 6) is -0.594. The van der Waals surface area contributed by atoms with E-state index in [4.69, 9.17) is 0 Å². The van der Waals surface area contributed by atoms with E-state index in [1.54, 1.807) is 24.4 Å². The van der Waals surface area contributed by atoms with Crippen molar-refractivity contribution in [1.82, 2.24) is 19.7 Å². The molecular weight excluding hydrogens is 378 g/mol. The lowest BCUT2D eigenvalue weighted by Crippen LogP contribution is -2.39. The molecule has 9 heteroatoms. The summed E-state index contributed by atoms with van der Waals surface area (Å²) < 4.78 is 1.02. The van der Waals surface area contributed by atoms with Crippen LogP contribution in [0.5, 0.6) is 0 Å². The average molecular weight is 393 g/mol. The topological polar surface area (TPSA) is 113 Å². The third kappa shape index (κ3) is 3.55. The predicted octanol–water partition coefficient (Wildman–Crippen LogP) is 2.29. The fourth-order valence-electron chi connectivity index (χ4n) is 2.76. The Hall–Kier alpha value is -3.72. The summed E-state index contributed by atoms with van der Waals surface area (Å²) in [5.41, 5.74) is 0.830. The van der Waals surface area contributed by atoms with Crippen LogP contribution in [-0.4, -0.2) is 25.7 Å². The van der Waals surface area contributed by atoms with Gasteiger partial charge < -0.3 is 10.3 Å². The zero-order valence-electron chi connectivity index (χ0n) is 14.5. The molecule has 0 unspecified atom stereocenters. The molecule has 0 radical (unpaired) electrons. The summed E-state index contributed by atoms with van der Waals surface area (Å²) >= 11 is 1.43. The Morgan fingerprint density at radius 2 is 2.07 bits per heavy atom. The van der Waals surface area contributed by atoms with Crippen LogP contribution in [0.25, 0.3) is 11.3 Å². The number of hydrogen-bond donors (Lipinski definition) is 3. The van der Waals surface area contributed by atoms with E-state index in [2.05, 4.69) is 20.5 Å². The van der Waals surface area contributed by atoms with Crippen molar-refractivity contribution in [3.05, 3.63) is 91.5 Å². The van der Waals surface area contributed by atoms with Crippen LogP contribution in [0.3, 0.4) is 0 Å². The number of amides is 1. The number of benzene rings is 1. The molecule has 3 N–H and O–H groups in total. The number of thiophene rings is 1. The first-order valence-electron chi connectivity index (χ1n) is 8.38. The maximum Gasteiger partial charge on any atom is 0.328 e. The first-order chi connectivity index (χ1) is 13.6. The third-order valence-corrected chi connectivity index (χ3v) is 4.99. The molecule has 0 aliphatic heterocycles. The van der Waals surface area contributed by atoms with E-state index in [0.29, 0.717) is 5.69 Å². The SMILES string of the molecule is O=C(Nc1cccc(-c2ccn[nH]2)c1)c1c[nH]c(=O)n(Cc2cccs2)c1=O. The van der Waals surface area contributed by atoms with Gasteiger partial charge >= 0.3 is 5.69 Å². The molecular formula is C19H15N5O3S. The molecule has 28 heavy (non-hydrogen) atoms. The number of aromatic nitrogens is 4. The number of anilines is 1. The van der Waals surface area contributed by atoms with Crippen molar-refractivity contribution in [1.29, 1.82) is 0 Å². The molecule has 0 fully saturated rings. The lowest BCUT2D eigenvalue weighted by atomic mass is 10.1. The van der Waals surface area contributed by atoms with E-state index < -0.39 is 17.2 Å². The molecule has 1 aromatic carbocycles. The molecule has 8 nitrogen and oxygen atoms in total. The van der Waals surface area contributed by atoms with Crippen LogP contribution >= 0.6 is 11.3 Å². The van der Waals surface area contributed by atoms with Crippen LogP contribution < -0.4 is 16.6 Å². The van der Waals surface area contributed by atoms with Gasteiger partial charge in [-0.05, 0) is 29.6 Å². The highest BCUT2D eigenvalue weighted by Gasteiger charge is 2.16. The Kier molecular flexibility index (Phi) is 4.73. The van der Waals surface area contributed by atoms with E-state index >= 15 is 0 Å². The van der Waals surface area contributed by atoms with Crippen LogP contribution in [0.1, 0.15) is 15.2 Å². The van der Waals surface area contributed by atoms with Gasteiger partial charge in [-0.2, -0.15) is 5.10 Å². The average Bonchev–Trinajstić information content (AvgIpc) is 3.39. The van der Waals surface area contributed by atoms with Gasteiger partial charge in [0.2, 0.25) is 0 Å². The molecule has 140 valence electrons. The Balaban J connectivity index is 1.61. The number of nitrogens with zero attached hydrogens (tertiary/aromatic N) is 2. The molecule has 0 aliphatic carbocycles. The van der Waals surface area contributed by atoms with Crippen molar-refractivity contribution in [2.45, 2.75) is 6.54 Å². The molecule has 0 atom stereocenters. The molecule has 0 saturated heterocycles. The van der Waals surface area contributed by atoms with Crippen molar-refractivity contribution in [2.75, 3.05) is 5.32 Å². The van der Waals surface area contributed by atoms with Crippen LogP contribution in [0.15, 0.2) is 69.8 Å². The van der Waals surface area contributed by atoms with E-state index in [9.17, 15) is 14.4 Å². The van der Waals surface area contributed by atoms with Gasteiger partial charge in [-0.1, -0.05) is 18.2 Å². The summed E-state index contributed by atoms with van der Waals surface area (Å²) in [6.45, 7) is 0.113. The minimum atomic E-state index is -0.639. The zero-order valence-corrected chi connectivity index (χ0v) is 15.3. The Bertz CT molecular complexity index is 1220. The van der Waals surface area contributed by atoms with Gasteiger partial charge in [0, 0.05) is 28.5 Å². The molecule has 3 heterocycles. The lowest BCUT2D eigenvalue weighted by molar-refractivity contribution is 0.102. The van der Waals surface area contributed by atoms with Gasteiger partial charge in [-0.25, -0.2) is 4.79 Å². The maximum atomic E-state index is 12.7. The minimum absolute atomic E-state index is 0.113. The van der Waals surface area contributed by atoms with Crippen molar-refractivity contribution in [3.63, 3.8) is 0 Å². The van der Waals surface area contributed by atoms with Crippen molar-refractivity contribution in [2.24, 2.45) is 0 Å². The highest BCUT2D eigenvalue weighted by atomic mass is 32.1. The zero-order chi connectivity index (χ0) is 19.5. The van der Waals surface area contributed by atoms with Gasteiger partial charge in [-0.3, -0.25) is 19.3 Å². The van der Waals surface area contributed by atoms with Gasteiger partial charge in [0.1, 0.15) is 5.56 Å². The van der Waals surface area contributed by atoms with E-state index in [0.717, 1.165) is 26.9 Å². The lowest BCUT2D eigenvalue weighted by Gasteiger charge is -2.08. The van der Waals surface area contributed by atoms with Crippen LogP contribution in [0.2, 0.25) is 0 Å². The highest BCUT2D eigenvalue weighted by molar-refractivity contribution is 7.09. The summed E-state index contributed by atoms with van der Waals surface area (Å²) in [4.78, 5) is 40.7. The van der Waals surface area contributed by atoms with Gasteiger partial charge in [0.15, 0.2) is 0 Å². The fourth-order valence-corrected chi connectivity index (χ4v) is 3.45. The first kappa shape index (κ1) is 17.7. The van der Waals surface area contributed by atoms with E-state index in [1.807, 2.05) is 29.6 Å². The molecule has 1 amide bonds. The first-order valence-corrected chi connectivity index (χ1v) is 9.26. The van der Waals surface area contributed by atoms with Crippen LogP contribution in [0.4, 0.5) is 5.69 Å². The second kappa shape index (κ2) is 7.49. The van der Waals surface area contributed by atoms with E-state index in [-0.39, 0.29) is 12.1 Å². The number of carbonyl (C=O) groups is 1. The number of carbonyl (C=O) groups excluding carboxylic acids is 1. The highest BCUT2D eigenvalue weighted by Crippen LogP contribution is 2.20. The Morgan fingerprint density at radius 1 is 1.18 bits per heavy atom. The molecule has 4 aromatic rings. The van der Waals surface area contributed by atoms with Crippen LogP contribution in [0, 0.1) is 0 Å². The van der Waals surface area contributed by atoms with Crippen molar-refractivity contribution < 1.29 is 4.79 Å². The third-order valence-electron chi connectivity index (χ3n) is 4.13. The van der Waals surface area contributed by atoms with Crippen LogP contribution in [-0.2, 0) is 6.54 Å². The Morgan fingerprint density at radius 3 is 2.82 bits per heavy atom. The normalized spacial score (nSPS) is 10.7. The molecule has 0 spiro atoms. The molecule has 0 bridgehead atoms. The smallest absolute Gasteiger partial charge is 0.322 e. The summed E-state index contributed by atoms with van der Waals surface area (Å²) in [6, 6.07) is 12.6. The standard InChI is InChI=1S/C19H15N5O3S/c25-17(22-13-4-1-3-12(9-13)16-6-7-21-23-16)15-10-20-19(27)24(18(15)26)11-14-5-2-8-28-14/h1-10H,11H2,(H,20,27)(H,21,23)(H,22,25). The number of nitrogens with one attached hydrogen (secondary N) is 3. The molecule has 0 saturated carbocycles. The number of aromatic amines is 2. The molecule has 3 aromatic heterocycles. The van der Waals surface area contributed by atoms with E-state index in [1.165, 1.54) is 11.3 Å². The van der Waals surface area contributed by atoms with Gasteiger partial charge in [0.25, 0.3) is 11.5 Å². The second-order valence-corrected chi connectivity index (χ2v) is 7.02. The number of hydrogen-bond acceptors (Lipinski definition) is 5. The quantitative estimate of drug-likeness (QED) is 0.483. The largest absolute Gasteiger partial charge is 0.328 e. The Labute approximate surface area is 162 Å². The number of H-pyrrole nitrogens is 2.